The molecule has 0 radical (unpaired) electrons. The second kappa shape index (κ2) is 7.51. The highest BCUT2D eigenvalue weighted by molar-refractivity contribution is 5.73. The van der Waals surface area contributed by atoms with E-state index in [0.717, 1.165) is 38.8 Å². The number of urea groups is 1. The molecule has 0 aromatic carbocycles. The Morgan fingerprint density at radius 1 is 1.40 bits per heavy atom. The van der Waals surface area contributed by atoms with Crippen molar-refractivity contribution in [3.05, 3.63) is 0 Å². The van der Waals surface area contributed by atoms with Gasteiger partial charge in [0.05, 0.1) is 6.10 Å². The predicted molar refractivity (Wildman–Crippen MR) is 59.9 cm³/mol. The fraction of sp³-hybridized carbons (Fsp3) is 0.909. The number of carbonyl (C=O) groups excluding carboxylic acids is 1. The molecule has 4 nitrogen and oxygen atoms in total. The Labute approximate surface area is 91.8 Å². The Balaban J connectivity index is 2.00. The number of ether oxygens (including phenoxy) is 1. The van der Waals surface area contributed by atoms with E-state index in [1.165, 1.54) is 6.42 Å². The number of hydrogen-bond acceptors (Lipinski definition) is 2. The van der Waals surface area contributed by atoms with Crippen molar-refractivity contribution in [1.29, 1.82) is 0 Å². The minimum atomic E-state index is -0.0716. The van der Waals surface area contributed by atoms with Gasteiger partial charge in [-0.2, -0.15) is 0 Å². The molecule has 1 saturated heterocycles. The van der Waals surface area contributed by atoms with Crippen molar-refractivity contribution >= 4 is 6.03 Å². The van der Waals surface area contributed by atoms with Crippen LogP contribution in [-0.2, 0) is 4.74 Å². The summed E-state index contributed by atoms with van der Waals surface area (Å²) >= 11 is 0. The number of amides is 2. The summed E-state index contributed by atoms with van der Waals surface area (Å²) in [5.74, 6) is 0. The van der Waals surface area contributed by atoms with Crippen LogP contribution in [0.5, 0.6) is 0 Å². The Kier molecular flexibility index (Phi) is 6.16. The molecule has 0 aromatic rings. The molecule has 2 amide bonds. The van der Waals surface area contributed by atoms with Gasteiger partial charge in [-0.15, -0.1) is 0 Å². The second-order valence-corrected chi connectivity index (χ2v) is 3.98. The van der Waals surface area contributed by atoms with Crippen LogP contribution in [0.4, 0.5) is 4.79 Å². The smallest absolute Gasteiger partial charge is 0.314 e. The second-order valence-electron chi connectivity index (χ2n) is 3.98. The summed E-state index contributed by atoms with van der Waals surface area (Å²) < 4.78 is 5.51. The first-order valence-corrected chi connectivity index (χ1v) is 5.96. The van der Waals surface area contributed by atoms with Crippen LogP contribution in [0.2, 0.25) is 0 Å². The van der Waals surface area contributed by atoms with E-state index in [9.17, 15) is 4.79 Å². The van der Waals surface area contributed by atoms with Gasteiger partial charge < -0.3 is 15.4 Å². The highest BCUT2D eigenvalue weighted by Crippen LogP contribution is 2.11. The molecular formula is C11H22N2O2. The molecule has 0 aromatic heterocycles. The van der Waals surface area contributed by atoms with Gasteiger partial charge in [0, 0.05) is 19.7 Å². The van der Waals surface area contributed by atoms with Gasteiger partial charge in [0.15, 0.2) is 0 Å². The fourth-order valence-electron chi connectivity index (χ4n) is 1.62. The lowest BCUT2D eigenvalue weighted by Crippen LogP contribution is -2.41. The van der Waals surface area contributed by atoms with E-state index >= 15 is 0 Å². The first-order chi connectivity index (χ1) is 7.33. The SMILES string of the molecule is CCCCNC(=O)NCC1CCCCO1. The fourth-order valence-corrected chi connectivity index (χ4v) is 1.62. The van der Waals surface area contributed by atoms with Crippen molar-refractivity contribution in [3.8, 4) is 0 Å². The molecule has 1 atom stereocenters. The zero-order valence-corrected chi connectivity index (χ0v) is 9.55. The lowest BCUT2D eigenvalue weighted by atomic mass is 10.1. The quantitative estimate of drug-likeness (QED) is 0.684. The number of nitrogens with one attached hydrogen (secondary N) is 2. The van der Waals surface area contributed by atoms with Crippen molar-refractivity contribution < 1.29 is 9.53 Å². The summed E-state index contributed by atoms with van der Waals surface area (Å²) in [5.41, 5.74) is 0. The van der Waals surface area contributed by atoms with Crippen LogP contribution in [0, 0.1) is 0 Å². The first-order valence-electron chi connectivity index (χ1n) is 5.96. The molecule has 1 aliphatic heterocycles. The summed E-state index contributed by atoms with van der Waals surface area (Å²) in [6.07, 6.45) is 5.79. The lowest BCUT2D eigenvalue weighted by molar-refractivity contribution is 0.0185. The number of carbonyl (C=O) groups is 1. The Morgan fingerprint density at radius 2 is 2.27 bits per heavy atom. The van der Waals surface area contributed by atoms with Crippen LogP contribution in [0.3, 0.4) is 0 Å². The summed E-state index contributed by atoms with van der Waals surface area (Å²) in [4.78, 5) is 11.3. The highest BCUT2D eigenvalue weighted by atomic mass is 16.5. The number of unbranched alkanes of at least 4 members (excludes halogenated alkanes) is 1. The van der Waals surface area contributed by atoms with Gasteiger partial charge >= 0.3 is 6.03 Å². The third-order valence-electron chi connectivity index (χ3n) is 2.58. The Bertz CT molecular complexity index is 179. The topological polar surface area (TPSA) is 50.4 Å². The molecule has 15 heavy (non-hydrogen) atoms. The molecule has 1 rings (SSSR count). The average molecular weight is 214 g/mol. The third kappa shape index (κ3) is 5.62. The summed E-state index contributed by atoms with van der Waals surface area (Å²) in [6, 6.07) is -0.0716. The van der Waals surface area contributed by atoms with Crippen molar-refractivity contribution in [1.82, 2.24) is 10.6 Å². The maximum absolute atomic E-state index is 11.3. The summed E-state index contributed by atoms with van der Waals surface area (Å²) in [7, 11) is 0. The van der Waals surface area contributed by atoms with Crippen LogP contribution >= 0.6 is 0 Å². The Morgan fingerprint density at radius 3 is 2.93 bits per heavy atom. The van der Waals surface area contributed by atoms with Gasteiger partial charge in [-0.1, -0.05) is 13.3 Å². The molecule has 88 valence electrons. The van der Waals surface area contributed by atoms with E-state index in [1.54, 1.807) is 0 Å². The largest absolute Gasteiger partial charge is 0.376 e. The maximum Gasteiger partial charge on any atom is 0.314 e. The van der Waals surface area contributed by atoms with Gasteiger partial charge in [0.25, 0.3) is 0 Å². The molecule has 1 aliphatic rings. The molecule has 1 heterocycles. The number of hydrogen-bond donors (Lipinski definition) is 2. The van der Waals surface area contributed by atoms with Crippen molar-refractivity contribution in [2.24, 2.45) is 0 Å². The molecular weight excluding hydrogens is 192 g/mol. The van der Waals surface area contributed by atoms with Crippen LogP contribution in [0.25, 0.3) is 0 Å². The van der Waals surface area contributed by atoms with Crippen LogP contribution in [0.1, 0.15) is 39.0 Å². The lowest BCUT2D eigenvalue weighted by Gasteiger charge is -2.22. The van der Waals surface area contributed by atoms with Gasteiger partial charge in [0.2, 0.25) is 0 Å². The normalized spacial score (nSPS) is 21.0. The van der Waals surface area contributed by atoms with E-state index < -0.39 is 0 Å². The van der Waals surface area contributed by atoms with E-state index in [4.69, 9.17) is 4.74 Å². The molecule has 0 bridgehead atoms. The zero-order valence-electron chi connectivity index (χ0n) is 9.55. The molecule has 1 fully saturated rings. The minimum absolute atomic E-state index is 0.0716. The summed E-state index contributed by atoms with van der Waals surface area (Å²) in [5, 5.41) is 5.65. The zero-order chi connectivity index (χ0) is 10.9. The third-order valence-corrected chi connectivity index (χ3v) is 2.58. The van der Waals surface area contributed by atoms with E-state index in [2.05, 4.69) is 17.6 Å². The van der Waals surface area contributed by atoms with Gasteiger partial charge in [0.1, 0.15) is 0 Å². The standard InChI is InChI=1S/C11H22N2O2/c1-2-3-7-12-11(14)13-9-10-6-4-5-8-15-10/h10H,2-9H2,1H3,(H2,12,13,14). The monoisotopic (exact) mass is 214 g/mol. The minimum Gasteiger partial charge on any atom is -0.376 e. The van der Waals surface area contributed by atoms with E-state index in [1.807, 2.05) is 0 Å². The predicted octanol–water partition coefficient (Wildman–Crippen LogP) is 1.65. The van der Waals surface area contributed by atoms with Crippen LogP contribution < -0.4 is 10.6 Å². The van der Waals surface area contributed by atoms with Gasteiger partial charge in [-0.25, -0.2) is 4.79 Å². The van der Waals surface area contributed by atoms with Crippen molar-refractivity contribution in [2.75, 3.05) is 19.7 Å². The maximum atomic E-state index is 11.3. The Hall–Kier alpha value is -0.770. The van der Waals surface area contributed by atoms with Gasteiger partial charge in [-0.3, -0.25) is 0 Å². The van der Waals surface area contributed by atoms with Crippen molar-refractivity contribution in [3.63, 3.8) is 0 Å². The van der Waals surface area contributed by atoms with E-state index in [-0.39, 0.29) is 12.1 Å². The molecule has 1 unspecified atom stereocenters. The van der Waals surface area contributed by atoms with Crippen molar-refractivity contribution in [2.45, 2.75) is 45.1 Å². The van der Waals surface area contributed by atoms with Gasteiger partial charge in [-0.05, 0) is 25.7 Å². The van der Waals surface area contributed by atoms with Crippen LogP contribution in [0.15, 0.2) is 0 Å². The summed E-state index contributed by atoms with van der Waals surface area (Å²) in [6.45, 7) is 4.34. The molecule has 4 heteroatoms. The molecule has 0 saturated carbocycles. The molecule has 2 N–H and O–H groups in total. The van der Waals surface area contributed by atoms with E-state index in [0.29, 0.717) is 6.54 Å². The molecule has 0 aliphatic carbocycles. The average Bonchev–Trinajstić information content (AvgIpc) is 2.28. The number of rotatable bonds is 5. The first kappa shape index (κ1) is 12.3. The van der Waals surface area contributed by atoms with Crippen LogP contribution in [-0.4, -0.2) is 31.8 Å². The molecule has 0 spiro atoms. The highest BCUT2D eigenvalue weighted by Gasteiger charge is 2.14.